The highest BCUT2D eigenvalue weighted by atomic mass is 16.5. The van der Waals surface area contributed by atoms with Crippen molar-refractivity contribution in [2.75, 3.05) is 13.7 Å². The number of carbonyl (C=O) groups is 1. The van der Waals surface area contributed by atoms with Crippen molar-refractivity contribution >= 4 is 5.91 Å². The van der Waals surface area contributed by atoms with E-state index in [4.69, 9.17) is 4.74 Å². The van der Waals surface area contributed by atoms with E-state index in [1.165, 1.54) is 5.56 Å². The second-order valence-electron chi connectivity index (χ2n) is 7.35. The summed E-state index contributed by atoms with van der Waals surface area (Å²) in [4.78, 5) is 14.2. The molecule has 0 saturated heterocycles. The van der Waals surface area contributed by atoms with E-state index in [9.17, 15) is 4.79 Å². The summed E-state index contributed by atoms with van der Waals surface area (Å²) in [7, 11) is 1.78. The van der Waals surface area contributed by atoms with Crippen molar-refractivity contribution in [2.45, 2.75) is 33.2 Å². The van der Waals surface area contributed by atoms with Crippen molar-refractivity contribution in [1.29, 1.82) is 0 Å². The average Bonchev–Trinajstić information content (AvgIpc) is 3.16. The molecule has 2 aromatic carbocycles. The molecule has 1 heterocycles. The topological polar surface area (TPSA) is 47.4 Å². The van der Waals surface area contributed by atoms with Crippen LogP contribution in [0.3, 0.4) is 0 Å². The maximum absolute atomic E-state index is 12.5. The highest BCUT2D eigenvalue weighted by Crippen LogP contribution is 2.24. The maximum atomic E-state index is 12.5. The third-order valence-corrected chi connectivity index (χ3v) is 4.73. The summed E-state index contributed by atoms with van der Waals surface area (Å²) in [6.07, 6.45) is 3.73. The molecule has 1 aromatic heterocycles. The fraction of sp³-hybridized carbons (Fsp3) is 0.304. The molecule has 0 saturated carbocycles. The minimum atomic E-state index is -0.0678. The molecule has 0 radical (unpaired) electrons. The average molecular weight is 377 g/mol. The number of hydrogen-bond acceptors (Lipinski definition) is 3. The molecule has 5 heteroatoms. The first-order valence-corrected chi connectivity index (χ1v) is 9.50. The zero-order valence-electron chi connectivity index (χ0n) is 16.9. The van der Waals surface area contributed by atoms with E-state index in [-0.39, 0.29) is 12.5 Å². The number of amides is 1. The minimum Gasteiger partial charge on any atom is -0.483 e. The quantitative estimate of drug-likeness (QED) is 0.615. The molecule has 0 fully saturated rings. The molecule has 146 valence electrons. The van der Waals surface area contributed by atoms with Gasteiger partial charge in [-0.05, 0) is 42.2 Å². The van der Waals surface area contributed by atoms with Crippen LogP contribution in [0.2, 0.25) is 0 Å². The summed E-state index contributed by atoms with van der Waals surface area (Å²) >= 11 is 0. The van der Waals surface area contributed by atoms with Crippen LogP contribution in [0.15, 0.2) is 60.9 Å². The normalized spacial score (nSPS) is 10.9. The SMILES string of the molecule is Cc1ccc(C(C)C)cc1OCC(=O)N(C)Cc1cnn(-c2ccccc2)c1. The van der Waals surface area contributed by atoms with Gasteiger partial charge >= 0.3 is 0 Å². The Hall–Kier alpha value is -3.08. The molecular weight excluding hydrogens is 350 g/mol. The van der Waals surface area contributed by atoms with Gasteiger partial charge < -0.3 is 9.64 Å². The summed E-state index contributed by atoms with van der Waals surface area (Å²) in [6, 6.07) is 16.1. The van der Waals surface area contributed by atoms with Crippen LogP contribution in [0.1, 0.15) is 36.5 Å². The number of aromatic nitrogens is 2. The van der Waals surface area contributed by atoms with E-state index in [0.717, 1.165) is 22.6 Å². The Kier molecular flexibility index (Phi) is 6.14. The number of nitrogens with zero attached hydrogens (tertiary/aromatic N) is 3. The molecule has 28 heavy (non-hydrogen) atoms. The zero-order valence-corrected chi connectivity index (χ0v) is 16.9. The smallest absolute Gasteiger partial charge is 0.260 e. The Balaban J connectivity index is 1.58. The molecule has 3 rings (SSSR count). The zero-order chi connectivity index (χ0) is 20.1. The van der Waals surface area contributed by atoms with E-state index in [1.807, 2.05) is 60.3 Å². The molecule has 0 spiro atoms. The largest absolute Gasteiger partial charge is 0.483 e. The summed E-state index contributed by atoms with van der Waals surface area (Å²) in [5.41, 5.74) is 4.20. The molecule has 0 aliphatic heterocycles. The number of aryl methyl sites for hydroxylation is 1. The maximum Gasteiger partial charge on any atom is 0.260 e. The molecule has 3 aromatic rings. The van der Waals surface area contributed by atoms with Gasteiger partial charge in [0.1, 0.15) is 5.75 Å². The summed E-state index contributed by atoms with van der Waals surface area (Å²) in [6.45, 7) is 6.78. The van der Waals surface area contributed by atoms with Crippen LogP contribution >= 0.6 is 0 Å². The Morgan fingerprint density at radius 2 is 1.93 bits per heavy atom. The molecular formula is C23H27N3O2. The second-order valence-corrected chi connectivity index (χ2v) is 7.35. The van der Waals surface area contributed by atoms with Gasteiger partial charge in [-0.3, -0.25) is 4.79 Å². The van der Waals surface area contributed by atoms with Gasteiger partial charge in [0.15, 0.2) is 6.61 Å². The highest BCUT2D eigenvalue weighted by Gasteiger charge is 2.13. The van der Waals surface area contributed by atoms with Crippen molar-refractivity contribution < 1.29 is 9.53 Å². The number of rotatable bonds is 7. The van der Waals surface area contributed by atoms with Crippen molar-refractivity contribution in [2.24, 2.45) is 0 Å². The molecule has 0 bridgehead atoms. The second kappa shape index (κ2) is 8.74. The van der Waals surface area contributed by atoms with E-state index in [1.54, 1.807) is 18.1 Å². The molecule has 0 N–H and O–H groups in total. The number of ether oxygens (including phenoxy) is 1. The van der Waals surface area contributed by atoms with Gasteiger partial charge in [-0.25, -0.2) is 4.68 Å². The summed E-state index contributed by atoms with van der Waals surface area (Å²) in [5.74, 6) is 1.12. The fourth-order valence-electron chi connectivity index (χ4n) is 2.91. The number of likely N-dealkylation sites (N-methyl/N-ethyl adjacent to an activating group) is 1. The third-order valence-electron chi connectivity index (χ3n) is 4.73. The predicted octanol–water partition coefficient (Wildman–Crippen LogP) is 4.34. The fourth-order valence-corrected chi connectivity index (χ4v) is 2.91. The molecule has 0 atom stereocenters. The number of hydrogen-bond donors (Lipinski definition) is 0. The van der Waals surface area contributed by atoms with E-state index < -0.39 is 0 Å². The molecule has 5 nitrogen and oxygen atoms in total. The van der Waals surface area contributed by atoms with E-state index in [0.29, 0.717) is 12.5 Å². The molecule has 0 aliphatic rings. The number of para-hydroxylation sites is 1. The lowest BCUT2D eigenvalue weighted by Gasteiger charge is -2.18. The van der Waals surface area contributed by atoms with Crippen LogP contribution in [-0.4, -0.2) is 34.2 Å². The third kappa shape index (κ3) is 4.80. The van der Waals surface area contributed by atoms with E-state index >= 15 is 0 Å². The Bertz CT molecular complexity index is 932. The Labute approximate surface area is 166 Å². The van der Waals surface area contributed by atoms with Crippen LogP contribution < -0.4 is 4.74 Å². The van der Waals surface area contributed by atoms with Crippen molar-refractivity contribution in [3.05, 3.63) is 77.6 Å². The lowest BCUT2D eigenvalue weighted by Crippen LogP contribution is -2.31. The van der Waals surface area contributed by atoms with Crippen LogP contribution in [0.4, 0.5) is 0 Å². The van der Waals surface area contributed by atoms with Gasteiger partial charge in [0.25, 0.3) is 5.91 Å². The van der Waals surface area contributed by atoms with E-state index in [2.05, 4.69) is 25.0 Å². The van der Waals surface area contributed by atoms with Gasteiger partial charge in [0.2, 0.25) is 0 Å². The molecule has 0 aliphatic carbocycles. The van der Waals surface area contributed by atoms with Crippen molar-refractivity contribution in [3.8, 4) is 11.4 Å². The first kappa shape index (κ1) is 19.7. The van der Waals surface area contributed by atoms with Gasteiger partial charge in [0, 0.05) is 25.4 Å². The molecule has 1 amide bonds. The highest BCUT2D eigenvalue weighted by molar-refractivity contribution is 5.77. The van der Waals surface area contributed by atoms with Gasteiger partial charge in [-0.15, -0.1) is 0 Å². The van der Waals surface area contributed by atoms with Gasteiger partial charge in [-0.2, -0.15) is 5.10 Å². The number of benzene rings is 2. The summed E-state index contributed by atoms with van der Waals surface area (Å²) < 4.78 is 7.62. The molecule has 0 unspecified atom stereocenters. The lowest BCUT2D eigenvalue weighted by molar-refractivity contribution is -0.132. The van der Waals surface area contributed by atoms with Crippen LogP contribution in [0.25, 0.3) is 5.69 Å². The Morgan fingerprint density at radius 1 is 1.18 bits per heavy atom. The van der Waals surface area contributed by atoms with Crippen LogP contribution in [0, 0.1) is 6.92 Å². The monoisotopic (exact) mass is 377 g/mol. The minimum absolute atomic E-state index is 0.0196. The first-order chi connectivity index (χ1) is 13.4. The first-order valence-electron chi connectivity index (χ1n) is 9.50. The van der Waals surface area contributed by atoms with Crippen LogP contribution in [-0.2, 0) is 11.3 Å². The van der Waals surface area contributed by atoms with Crippen molar-refractivity contribution in [1.82, 2.24) is 14.7 Å². The number of carbonyl (C=O) groups excluding carboxylic acids is 1. The summed E-state index contributed by atoms with van der Waals surface area (Å²) in [5, 5.41) is 4.38. The van der Waals surface area contributed by atoms with Crippen molar-refractivity contribution in [3.63, 3.8) is 0 Å². The Morgan fingerprint density at radius 3 is 2.64 bits per heavy atom. The standard InChI is InChI=1S/C23H27N3O2/c1-17(2)20-11-10-18(3)22(12-20)28-16-23(27)25(4)14-19-13-24-26(15-19)21-8-6-5-7-9-21/h5-13,15,17H,14,16H2,1-4H3. The van der Waals surface area contributed by atoms with Gasteiger partial charge in [0.05, 0.1) is 11.9 Å². The van der Waals surface area contributed by atoms with Gasteiger partial charge in [-0.1, -0.05) is 44.2 Å². The predicted molar refractivity (Wildman–Crippen MR) is 111 cm³/mol. The lowest BCUT2D eigenvalue weighted by atomic mass is 10.0. The van der Waals surface area contributed by atoms with Crippen LogP contribution in [0.5, 0.6) is 5.75 Å².